The van der Waals surface area contributed by atoms with Crippen LogP contribution in [0.25, 0.3) is 0 Å². The average Bonchev–Trinajstić information content (AvgIpc) is 2.83. The van der Waals surface area contributed by atoms with E-state index in [2.05, 4.69) is 15.4 Å². The lowest BCUT2D eigenvalue weighted by Gasteiger charge is -2.40. The second kappa shape index (κ2) is 5.57. The SMILES string of the molecule is Cn1nnc(CC(O)C2CCC3CCCCC3C2)n1. The number of rotatable bonds is 3. The lowest BCUT2D eigenvalue weighted by molar-refractivity contribution is 0.0350. The Bertz CT molecular complexity index is 419. The standard InChI is InChI=1S/C14H24N4O/c1-18-16-14(15-17-18)9-13(19)12-7-6-10-4-2-3-5-11(10)8-12/h10-13,19H,2-9H2,1H3. The van der Waals surface area contributed by atoms with Crippen LogP contribution in [0, 0.1) is 17.8 Å². The van der Waals surface area contributed by atoms with Crippen molar-refractivity contribution in [1.29, 1.82) is 0 Å². The first kappa shape index (κ1) is 13.0. The molecule has 0 spiro atoms. The van der Waals surface area contributed by atoms with Crippen LogP contribution in [-0.2, 0) is 13.5 Å². The summed E-state index contributed by atoms with van der Waals surface area (Å²) in [4.78, 5) is 1.46. The zero-order valence-electron chi connectivity index (χ0n) is 11.7. The first-order chi connectivity index (χ1) is 9.22. The predicted molar refractivity (Wildman–Crippen MR) is 71.3 cm³/mol. The smallest absolute Gasteiger partial charge is 0.177 e. The first-order valence-electron chi connectivity index (χ1n) is 7.63. The number of nitrogens with zero attached hydrogens (tertiary/aromatic N) is 4. The van der Waals surface area contributed by atoms with Crippen LogP contribution in [0.2, 0.25) is 0 Å². The molecule has 1 heterocycles. The van der Waals surface area contributed by atoms with Crippen LogP contribution in [0.4, 0.5) is 0 Å². The van der Waals surface area contributed by atoms with E-state index in [1.54, 1.807) is 7.05 Å². The van der Waals surface area contributed by atoms with E-state index in [0.717, 1.165) is 11.8 Å². The first-order valence-corrected chi connectivity index (χ1v) is 7.63. The number of aromatic nitrogens is 4. The predicted octanol–water partition coefficient (Wildman–Crippen LogP) is 1.72. The molecule has 1 aromatic rings. The average molecular weight is 264 g/mol. The highest BCUT2D eigenvalue weighted by molar-refractivity contribution is 4.89. The third kappa shape index (κ3) is 2.96. The molecule has 4 unspecified atom stereocenters. The Morgan fingerprint density at radius 2 is 2.00 bits per heavy atom. The maximum atomic E-state index is 10.4. The van der Waals surface area contributed by atoms with Gasteiger partial charge in [0.05, 0.1) is 13.2 Å². The zero-order valence-corrected chi connectivity index (χ0v) is 11.7. The second-order valence-electron chi connectivity index (χ2n) is 6.34. The Labute approximate surface area is 114 Å². The summed E-state index contributed by atoms with van der Waals surface area (Å²) in [7, 11) is 1.76. The molecular formula is C14H24N4O. The van der Waals surface area contributed by atoms with Crippen molar-refractivity contribution in [3.63, 3.8) is 0 Å². The van der Waals surface area contributed by atoms with E-state index >= 15 is 0 Å². The third-order valence-electron chi connectivity index (χ3n) is 5.07. The van der Waals surface area contributed by atoms with E-state index in [9.17, 15) is 5.11 Å². The number of aliphatic hydroxyl groups is 1. The monoisotopic (exact) mass is 264 g/mol. The third-order valence-corrected chi connectivity index (χ3v) is 5.07. The quantitative estimate of drug-likeness (QED) is 0.903. The van der Waals surface area contributed by atoms with Crippen molar-refractivity contribution in [2.24, 2.45) is 24.8 Å². The zero-order chi connectivity index (χ0) is 13.2. The van der Waals surface area contributed by atoms with Crippen LogP contribution >= 0.6 is 0 Å². The number of aryl methyl sites for hydroxylation is 1. The van der Waals surface area contributed by atoms with Crippen molar-refractivity contribution in [3.8, 4) is 0 Å². The van der Waals surface area contributed by atoms with Crippen molar-refractivity contribution in [2.45, 2.75) is 57.5 Å². The van der Waals surface area contributed by atoms with Crippen molar-refractivity contribution in [3.05, 3.63) is 5.82 Å². The van der Waals surface area contributed by atoms with Gasteiger partial charge in [0.1, 0.15) is 0 Å². The van der Waals surface area contributed by atoms with Crippen molar-refractivity contribution >= 4 is 0 Å². The summed E-state index contributed by atoms with van der Waals surface area (Å²) >= 11 is 0. The summed E-state index contributed by atoms with van der Waals surface area (Å²) in [5.41, 5.74) is 0. The molecule has 4 atom stereocenters. The molecule has 0 bridgehead atoms. The summed E-state index contributed by atoms with van der Waals surface area (Å²) < 4.78 is 0. The van der Waals surface area contributed by atoms with E-state index < -0.39 is 0 Å². The Hall–Kier alpha value is -0.970. The second-order valence-corrected chi connectivity index (χ2v) is 6.34. The molecule has 2 aliphatic carbocycles. The van der Waals surface area contributed by atoms with Crippen molar-refractivity contribution in [2.75, 3.05) is 0 Å². The van der Waals surface area contributed by atoms with Crippen LogP contribution in [0.1, 0.15) is 50.8 Å². The van der Waals surface area contributed by atoms with Gasteiger partial charge in [0.2, 0.25) is 0 Å². The number of fused-ring (bicyclic) bond motifs is 1. The molecule has 0 aromatic carbocycles. The number of hydrogen-bond donors (Lipinski definition) is 1. The topological polar surface area (TPSA) is 63.8 Å². The van der Waals surface area contributed by atoms with Gasteiger partial charge in [0, 0.05) is 6.42 Å². The largest absolute Gasteiger partial charge is 0.392 e. The Morgan fingerprint density at radius 3 is 2.74 bits per heavy atom. The maximum absolute atomic E-state index is 10.4. The van der Waals surface area contributed by atoms with Crippen molar-refractivity contribution in [1.82, 2.24) is 20.2 Å². The summed E-state index contributed by atoms with van der Waals surface area (Å²) in [5, 5.41) is 22.4. The van der Waals surface area contributed by atoms with Gasteiger partial charge in [-0.05, 0) is 42.2 Å². The van der Waals surface area contributed by atoms with Gasteiger partial charge in [-0.15, -0.1) is 10.2 Å². The molecule has 1 N–H and O–H groups in total. The molecule has 106 valence electrons. The number of tetrazole rings is 1. The molecule has 19 heavy (non-hydrogen) atoms. The molecule has 2 fully saturated rings. The summed E-state index contributed by atoms with van der Waals surface area (Å²) in [6, 6.07) is 0. The molecule has 5 heteroatoms. The van der Waals surface area contributed by atoms with Crippen LogP contribution in [-0.4, -0.2) is 31.4 Å². The molecule has 2 aliphatic rings. The fourth-order valence-corrected chi connectivity index (χ4v) is 4.02. The minimum atomic E-state index is -0.299. The van der Waals surface area contributed by atoms with Gasteiger partial charge in [-0.1, -0.05) is 25.7 Å². The lowest BCUT2D eigenvalue weighted by atomic mass is 9.66. The Morgan fingerprint density at radius 1 is 1.21 bits per heavy atom. The van der Waals surface area contributed by atoms with E-state index in [4.69, 9.17) is 0 Å². The van der Waals surface area contributed by atoms with Gasteiger partial charge >= 0.3 is 0 Å². The molecule has 0 aliphatic heterocycles. The normalized spacial score (nSPS) is 32.8. The molecule has 5 nitrogen and oxygen atoms in total. The maximum Gasteiger partial charge on any atom is 0.177 e. The Balaban J connectivity index is 1.56. The Kier molecular flexibility index (Phi) is 3.82. The minimum absolute atomic E-state index is 0.299. The number of aliphatic hydroxyl groups excluding tert-OH is 1. The molecular weight excluding hydrogens is 240 g/mol. The van der Waals surface area contributed by atoms with Gasteiger partial charge < -0.3 is 5.11 Å². The molecule has 0 radical (unpaired) electrons. The van der Waals surface area contributed by atoms with Gasteiger partial charge in [-0.25, -0.2) is 0 Å². The van der Waals surface area contributed by atoms with E-state index in [1.165, 1.54) is 49.7 Å². The summed E-state index contributed by atoms with van der Waals surface area (Å²) in [6.45, 7) is 0. The summed E-state index contributed by atoms with van der Waals surface area (Å²) in [6.07, 6.45) is 9.52. The van der Waals surface area contributed by atoms with Crippen molar-refractivity contribution < 1.29 is 5.11 Å². The highest BCUT2D eigenvalue weighted by Crippen LogP contribution is 2.43. The van der Waals surface area contributed by atoms with Crippen LogP contribution < -0.4 is 0 Å². The van der Waals surface area contributed by atoms with Gasteiger partial charge in [-0.2, -0.15) is 4.80 Å². The molecule has 3 rings (SSSR count). The van der Waals surface area contributed by atoms with Crippen LogP contribution in [0.3, 0.4) is 0 Å². The van der Waals surface area contributed by atoms with Gasteiger partial charge in [0.25, 0.3) is 0 Å². The fourth-order valence-electron chi connectivity index (χ4n) is 4.02. The molecule has 1 aromatic heterocycles. The molecule has 0 amide bonds. The minimum Gasteiger partial charge on any atom is -0.392 e. The molecule has 0 saturated heterocycles. The highest BCUT2D eigenvalue weighted by Gasteiger charge is 2.35. The van der Waals surface area contributed by atoms with E-state index in [0.29, 0.717) is 18.2 Å². The summed E-state index contributed by atoms with van der Waals surface area (Å²) in [5.74, 6) is 2.90. The number of hydrogen-bond acceptors (Lipinski definition) is 4. The van der Waals surface area contributed by atoms with Crippen LogP contribution in [0.15, 0.2) is 0 Å². The highest BCUT2D eigenvalue weighted by atomic mass is 16.3. The van der Waals surface area contributed by atoms with Crippen LogP contribution in [0.5, 0.6) is 0 Å². The van der Waals surface area contributed by atoms with Gasteiger partial charge in [-0.3, -0.25) is 0 Å². The molecule has 2 saturated carbocycles. The fraction of sp³-hybridized carbons (Fsp3) is 0.929. The van der Waals surface area contributed by atoms with E-state index in [-0.39, 0.29) is 6.10 Å². The van der Waals surface area contributed by atoms with Gasteiger partial charge in [0.15, 0.2) is 5.82 Å². The van der Waals surface area contributed by atoms with E-state index in [1.807, 2.05) is 0 Å². The lowest BCUT2D eigenvalue weighted by Crippen LogP contribution is -2.34.